The lowest BCUT2D eigenvalue weighted by Crippen LogP contribution is -2.20. The standard InChI is InChI=1S/C13H11ClN2O2S2/c14-9-2-1-3-10(8-9)15-16-12-5-7-20(17,18)13-11(12)4-6-19-13/h1-4,6,8,15H,5,7H2/b16-12-. The van der Waals surface area contributed by atoms with Gasteiger partial charge in [0.1, 0.15) is 4.21 Å². The first-order valence-corrected chi connectivity index (χ1v) is 8.86. The van der Waals surface area contributed by atoms with Crippen molar-refractivity contribution in [2.75, 3.05) is 11.2 Å². The maximum absolute atomic E-state index is 11.9. The van der Waals surface area contributed by atoms with Gasteiger partial charge in [-0.2, -0.15) is 5.10 Å². The second kappa shape index (κ2) is 5.20. The van der Waals surface area contributed by atoms with Crippen molar-refractivity contribution in [2.45, 2.75) is 10.6 Å². The Kier molecular flexibility index (Phi) is 3.54. The van der Waals surface area contributed by atoms with Gasteiger partial charge in [0.25, 0.3) is 0 Å². The van der Waals surface area contributed by atoms with Gasteiger partial charge in [-0.3, -0.25) is 5.43 Å². The second-order valence-corrected chi connectivity index (χ2v) is 8.03. The summed E-state index contributed by atoms with van der Waals surface area (Å²) in [6.45, 7) is 0. The Bertz CT molecular complexity index is 781. The average Bonchev–Trinajstić information content (AvgIpc) is 2.89. The van der Waals surface area contributed by atoms with Crippen molar-refractivity contribution in [1.82, 2.24) is 0 Å². The largest absolute Gasteiger partial charge is 0.278 e. The van der Waals surface area contributed by atoms with Crippen LogP contribution < -0.4 is 5.43 Å². The van der Waals surface area contributed by atoms with Crippen LogP contribution in [-0.4, -0.2) is 19.9 Å². The summed E-state index contributed by atoms with van der Waals surface area (Å²) in [5.41, 5.74) is 5.16. The maximum atomic E-state index is 11.9. The van der Waals surface area contributed by atoms with Crippen molar-refractivity contribution >= 4 is 44.2 Å². The molecule has 2 heterocycles. The number of fused-ring (bicyclic) bond motifs is 1. The number of nitrogens with zero attached hydrogens (tertiary/aromatic N) is 1. The highest BCUT2D eigenvalue weighted by Gasteiger charge is 2.28. The van der Waals surface area contributed by atoms with Crippen LogP contribution in [0.4, 0.5) is 5.69 Å². The van der Waals surface area contributed by atoms with Crippen LogP contribution in [0.3, 0.4) is 0 Å². The van der Waals surface area contributed by atoms with E-state index in [4.69, 9.17) is 11.6 Å². The molecule has 20 heavy (non-hydrogen) atoms. The number of sulfone groups is 1. The van der Waals surface area contributed by atoms with E-state index in [0.29, 0.717) is 21.2 Å². The third-order valence-corrected chi connectivity index (χ3v) is 6.49. The fourth-order valence-corrected chi connectivity index (χ4v) is 5.02. The average molecular weight is 327 g/mol. The Morgan fingerprint density at radius 1 is 1.30 bits per heavy atom. The molecule has 0 aliphatic carbocycles. The lowest BCUT2D eigenvalue weighted by atomic mass is 10.1. The highest BCUT2D eigenvalue weighted by Crippen LogP contribution is 2.30. The molecule has 0 bridgehead atoms. The summed E-state index contributed by atoms with van der Waals surface area (Å²) in [6.07, 6.45) is 0.416. The quantitative estimate of drug-likeness (QED) is 0.860. The molecule has 0 unspecified atom stereocenters. The summed E-state index contributed by atoms with van der Waals surface area (Å²) in [6, 6.07) is 9.02. The summed E-state index contributed by atoms with van der Waals surface area (Å²) in [7, 11) is -3.13. The monoisotopic (exact) mass is 326 g/mol. The van der Waals surface area contributed by atoms with Crippen molar-refractivity contribution in [2.24, 2.45) is 5.10 Å². The molecule has 2 aromatic rings. The van der Waals surface area contributed by atoms with Crippen LogP contribution in [-0.2, 0) is 9.84 Å². The van der Waals surface area contributed by atoms with Gasteiger partial charge in [-0.25, -0.2) is 8.42 Å². The minimum Gasteiger partial charge on any atom is -0.278 e. The predicted octanol–water partition coefficient (Wildman–Crippen LogP) is 3.40. The number of nitrogens with one attached hydrogen (secondary N) is 1. The summed E-state index contributed by atoms with van der Waals surface area (Å²) < 4.78 is 24.2. The first-order valence-electron chi connectivity index (χ1n) is 5.95. The Balaban J connectivity index is 1.91. The van der Waals surface area contributed by atoms with E-state index in [9.17, 15) is 8.42 Å². The molecule has 1 N–H and O–H groups in total. The van der Waals surface area contributed by atoms with Crippen LogP contribution in [0.2, 0.25) is 5.02 Å². The van der Waals surface area contributed by atoms with E-state index in [1.54, 1.807) is 23.6 Å². The van der Waals surface area contributed by atoms with Crippen molar-refractivity contribution < 1.29 is 8.42 Å². The van der Waals surface area contributed by atoms with Crippen LogP contribution in [0.15, 0.2) is 45.0 Å². The van der Waals surface area contributed by atoms with Crippen LogP contribution in [0.1, 0.15) is 12.0 Å². The Morgan fingerprint density at radius 2 is 2.15 bits per heavy atom. The van der Waals surface area contributed by atoms with Crippen molar-refractivity contribution in [3.05, 3.63) is 46.3 Å². The number of hydrogen-bond donors (Lipinski definition) is 1. The smallest absolute Gasteiger partial charge is 0.188 e. The number of hydrazone groups is 1. The van der Waals surface area contributed by atoms with Crippen molar-refractivity contribution in [1.29, 1.82) is 0 Å². The molecule has 1 aromatic carbocycles. The first-order chi connectivity index (χ1) is 9.56. The van der Waals surface area contributed by atoms with Crippen LogP contribution in [0.5, 0.6) is 0 Å². The number of rotatable bonds is 2. The maximum Gasteiger partial charge on any atom is 0.188 e. The van der Waals surface area contributed by atoms with Crippen LogP contribution in [0, 0.1) is 0 Å². The minimum absolute atomic E-state index is 0.108. The Morgan fingerprint density at radius 3 is 2.95 bits per heavy atom. The SMILES string of the molecule is O=S1(=O)CC/C(=N/Nc2cccc(Cl)c2)c2ccsc21. The highest BCUT2D eigenvalue weighted by atomic mass is 35.5. The normalized spacial score (nSPS) is 18.8. The van der Waals surface area contributed by atoms with E-state index in [1.807, 2.05) is 12.1 Å². The molecule has 0 saturated carbocycles. The van der Waals surface area contributed by atoms with Gasteiger partial charge in [-0.05, 0) is 29.6 Å². The van der Waals surface area contributed by atoms with Gasteiger partial charge in [-0.1, -0.05) is 17.7 Å². The Labute approximate surface area is 126 Å². The summed E-state index contributed by atoms with van der Waals surface area (Å²) >= 11 is 7.14. The number of anilines is 1. The van der Waals surface area contributed by atoms with E-state index < -0.39 is 9.84 Å². The zero-order chi connectivity index (χ0) is 14.2. The number of thiophene rings is 1. The zero-order valence-electron chi connectivity index (χ0n) is 10.3. The molecule has 104 valence electrons. The lowest BCUT2D eigenvalue weighted by molar-refractivity contribution is 0.597. The molecule has 3 rings (SSSR count). The summed E-state index contributed by atoms with van der Waals surface area (Å²) in [5.74, 6) is 0.108. The summed E-state index contributed by atoms with van der Waals surface area (Å²) in [4.78, 5) is 0. The third-order valence-electron chi connectivity index (χ3n) is 2.98. The molecule has 0 fully saturated rings. The molecular formula is C13H11ClN2O2S2. The zero-order valence-corrected chi connectivity index (χ0v) is 12.7. The third kappa shape index (κ3) is 2.59. The summed E-state index contributed by atoms with van der Waals surface area (Å²) in [5, 5.41) is 6.73. The fraction of sp³-hybridized carbons (Fsp3) is 0.154. The van der Waals surface area contributed by atoms with E-state index in [1.165, 1.54) is 11.3 Å². The van der Waals surface area contributed by atoms with E-state index >= 15 is 0 Å². The molecule has 1 aromatic heterocycles. The highest BCUT2D eigenvalue weighted by molar-refractivity contribution is 7.93. The van der Waals surface area contributed by atoms with Gasteiger partial charge in [0.15, 0.2) is 9.84 Å². The minimum atomic E-state index is -3.13. The van der Waals surface area contributed by atoms with Crippen LogP contribution >= 0.6 is 22.9 Å². The molecule has 7 heteroatoms. The fourth-order valence-electron chi connectivity index (χ4n) is 2.01. The molecular weight excluding hydrogens is 316 g/mol. The van der Waals surface area contributed by atoms with Crippen molar-refractivity contribution in [3.8, 4) is 0 Å². The van der Waals surface area contributed by atoms with Gasteiger partial charge < -0.3 is 0 Å². The van der Waals surface area contributed by atoms with E-state index in [0.717, 1.165) is 11.4 Å². The topological polar surface area (TPSA) is 58.5 Å². The van der Waals surface area contributed by atoms with E-state index in [2.05, 4.69) is 10.5 Å². The molecule has 1 aliphatic heterocycles. The van der Waals surface area contributed by atoms with Gasteiger partial charge in [-0.15, -0.1) is 11.3 Å². The van der Waals surface area contributed by atoms with Gasteiger partial charge in [0.2, 0.25) is 0 Å². The molecule has 1 aliphatic rings. The van der Waals surface area contributed by atoms with Crippen LogP contribution in [0.25, 0.3) is 0 Å². The van der Waals surface area contributed by atoms with Gasteiger partial charge in [0.05, 0.1) is 17.2 Å². The molecule has 0 spiro atoms. The Hall–Kier alpha value is -1.37. The molecule has 4 nitrogen and oxygen atoms in total. The number of benzene rings is 1. The first kappa shape index (κ1) is 13.6. The predicted molar refractivity (Wildman–Crippen MR) is 82.6 cm³/mol. The molecule has 0 atom stereocenters. The number of hydrogen-bond acceptors (Lipinski definition) is 5. The van der Waals surface area contributed by atoms with Gasteiger partial charge in [0, 0.05) is 17.0 Å². The van der Waals surface area contributed by atoms with Gasteiger partial charge >= 0.3 is 0 Å². The number of halogens is 1. The van der Waals surface area contributed by atoms with E-state index in [-0.39, 0.29) is 5.75 Å². The van der Waals surface area contributed by atoms with Crippen molar-refractivity contribution in [3.63, 3.8) is 0 Å². The molecule has 0 saturated heterocycles. The second-order valence-electron chi connectivity index (χ2n) is 4.37. The molecule has 0 amide bonds. The lowest BCUT2D eigenvalue weighted by Gasteiger charge is -2.14. The molecule has 0 radical (unpaired) electrons.